The molecule has 0 aliphatic rings. The van der Waals surface area contributed by atoms with E-state index in [2.05, 4.69) is 37.4 Å². The number of rotatable bonds is 9. The monoisotopic (exact) mass is 466 g/mol. The van der Waals surface area contributed by atoms with Crippen LogP contribution in [0.4, 0.5) is 0 Å². The SMILES string of the molecule is CCNC(=O)[C@@H](C)N(Cc1ccc(Cl)c(Cl)c1)C(=O)CSCc1cc(C)cc(C)c1. The fraction of sp³-hybridized carbons (Fsp3) is 0.391. The van der Waals surface area contributed by atoms with Gasteiger partial charge in [-0.2, -0.15) is 0 Å². The van der Waals surface area contributed by atoms with Crippen LogP contribution in [-0.4, -0.2) is 35.1 Å². The Hall–Kier alpha value is -1.69. The molecule has 0 heterocycles. The van der Waals surface area contributed by atoms with Gasteiger partial charge >= 0.3 is 0 Å². The van der Waals surface area contributed by atoms with Crippen molar-refractivity contribution in [1.82, 2.24) is 10.2 Å². The van der Waals surface area contributed by atoms with Crippen LogP contribution < -0.4 is 5.32 Å². The second-order valence-electron chi connectivity index (χ2n) is 7.33. The number of hydrogen-bond acceptors (Lipinski definition) is 3. The molecule has 0 radical (unpaired) electrons. The highest BCUT2D eigenvalue weighted by Gasteiger charge is 2.25. The van der Waals surface area contributed by atoms with Crippen LogP contribution in [0.1, 0.15) is 36.1 Å². The molecule has 0 saturated heterocycles. The molecule has 2 rings (SSSR count). The standard InChI is InChI=1S/C23H28Cl2N2O2S/c1-5-26-23(29)17(4)27(12-18-6-7-20(24)21(25)11-18)22(28)14-30-13-19-9-15(2)8-16(3)10-19/h6-11,17H,5,12-14H2,1-4H3,(H,26,29)/t17-/m1/s1. The summed E-state index contributed by atoms with van der Waals surface area (Å²) < 4.78 is 0. The molecule has 30 heavy (non-hydrogen) atoms. The lowest BCUT2D eigenvalue weighted by Crippen LogP contribution is -2.48. The first kappa shape index (κ1) is 24.6. The van der Waals surface area contributed by atoms with Crippen LogP contribution in [0.25, 0.3) is 0 Å². The first-order valence-electron chi connectivity index (χ1n) is 9.87. The van der Waals surface area contributed by atoms with E-state index >= 15 is 0 Å². The maximum Gasteiger partial charge on any atom is 0.242 e. The van der Waals surface area contributed by atoms with Crippen molar-refractivity contribution in [2.75, 3.05) is 12.3 Å². The minimum atomic E-state index is -0.589. The number of nitrogens with one attached hydrogen (secondary N) is 1. The Bertz CT molecular complexity index is 885. The van der Waals surface area contributed by atoms with Crippen LogP contribution >= 0.6 is 35.0 Å². The fourth-order valence-corrected chi connectivity index (χ4v) is 4.40. The van der Waals surface area contributed by atoms with Gasteiger partial charge in [0.15, 0.2) is 0 Å². The molecule has 4 nitrogen and oxygen atoms in total. The molecule has 1 N–H and O–H groups in total. The van der Waals surface area contributed by atoms with E-state index in [0.29, 0.717) is 16.6 Å². The highest BCUT2D eigenvalue weighted by atomic mass is 35.5. The smallest absolute Gasteiger partial charge is 0.242 e. The molecule has 0 aromatic heterocycles. The molecular weight excluding hydrogens is 439 g/mol. The van der Waals surface area contributed by atoms with E-state index in [9.17, 15) is 9.59 Å². The summed E-state index contributed by atoms with van der Waals surface area (Å²) in [5.74, 6) is 0.766. The number of halogens is 2. The number of amides is 2. The summed E-state index contributed by atoms with van der Waals surface area (Å²) in [4.78, 5) is 27.0. The van der Waals surface area contributed by atoms with Gasteiger partial charge in [-0.05, 0) is 51.0 Å². The number of likely N-dealkylation sites (N-methyl/N-ethyl adjacent to an activating group) is 1. The summed E-state index contributed by atoms with van der Waals surface area (Å²) in [5.41, 5.74) is 4.44. The minimum Gasteiger partial charge on any atom is -0.355 e. The Morgan fingerprint density at radius 3 is 2.30 bits per heavy atom. The van der Waals surface area contributed by atoms with Gasteiger partial charge in [0.2, 0.25) is 11.8 Å². The van der Waals surface area contributed by atoms with E-state index < -0.39 is 6.04 Å². The number of hydrogen-bond donors (Lipinski definition) is 1. The summed E-state index contributed by atoms with van der Waals surface area (Å²) in [6.07, 6.45) is 0. The number of aryl methyl sites for hydroxylation is 2. The van der Waals surface area contributed by atoms with Crippen molar-refractivity contribution in [1.29, 1.82) is 0 Å². The van der Waals surface area contributed by atoms with Crippen LogP contribution in [0, 0.1) is 13.8 Å². The van der Waals surface area contributed by atoms with Crippen LogP contribution in [0.2, 0.25) is 10.0 Å². The van der Waals surface area contributed by atoms with Crippen LogP contribution in [0.15, 0.2) is 36.4 Å². The van der Waals surface area contributed by atoms with Gasteiger partial charge < -0.3 is 10.2 Å². The van der Waals surface area contributed by atoms with Crippen LogP contribution in [0.3, 0.4) is 0 Å². The molecule has 2 aromatic carbocycles. The van der Waals surface area contributed by atoms with Crippen molar-refractivity contribution in [3.8, 4) is 0 Å². The van der Waals surface area contributed by atoms with Gasteiger partial charge in [0.1, 0.15) is 6.04 Å². The number of carbonyl (C=O) groups excluding carboxylic acids is 2. The number of thioether (sulfide) groups is 1. The molecule has 0 aliphatic carbocycles. The van der Waals surface area contributed by atoms with Gasteiger partial charge in [0, 0.05) is 18.8 Å². The third-order valence-corrected chi connectivity index (χ3v) is 6.36. The molecule has 7 heteroatoms. The first-order valence-corrected chi connectivity index (χ1v) is 11.8. The summed E-state index contributed by atoms with van der Waals surface area (Å²) in [6, 6.07) is 11.1. The second kappa shape index (κ2) is 11.6. The summed E-state index contributed by atoms with van der Waals surface area (Å²) in [6.45, 7) is 8.54. The highest BCUT2D eigenvalue weighted by molar-refractivity contribution is 7.99. The van der Waals surface area contributed by atoms with E-state index in [4.69, 9.17) is 23.2 Å². The Balaban J connectivity index is 2.10. The third-order valence-electron chi connectivity index (χ3n) is 4.63. The third kappa shape index (κ3) is 7.22. The lowest BCUT2D eigenvalue weighted by molar-refractivity contribution is -0.138. The van der Waals surface area contributed by atoms with Crippen molar-refractivity contribution >= 4 is 46.8 Å². The zero-order valence-corrected chi connectivity index (χ0v) is 20.1. The highest BCUT2D eigenvalue weighted by Crippen LogP contribution is 2.24. The predicted molar refractivity (Wildman–Crippen MR) is 127 cm³/mol. The van der Waals surface area contributed by atoms with Gasteiger partial charge in [-0.1, -0.05) is 58.6 Å². The fourth-order valence-electron chi connectivity index (χ4n) is 3.23. The molecule has 0 saturated carbocycles. The van der Waals surface area contributed by atoms with Crippen molar-refractivity contribution in [2.45, 2.75) is 46.0 Å². The molecule has 0 fully saturated rings. The lowest BCUT2D eigenvalue weighted by atomic mass is 10.1. The predicted octanol–water partition coefficient (Wildman–Crippen LogP) is 5.40. The number of benzene rings is 2. The topological polar surface area (TPSA) is 49.4 Å². The zero-order chi connectivity index (χ0) is 22.3. The van der Waals surface area contributed by atoms with E-state index in [0.717, 1.165) is 11.3 Å². The molecular formula is C23H28Cl2N2O2S. The maximum absolute atomic E-state index is 13.0. The quantitative estimate of drug-likeness (QED) is 0.538. The average Bonchev–Trinajstić information content (AvgIpc) is 2.67. The van der Waals surface area contributed by atoms with Gasteiger partial charge in [0.25, 0.3) is 0 Å². The average molecular weight is 467 g/mol. The summed E-state index contributed by atoms with van der Waals surface area (Å²) >= 11 is 13.7. The molecule has 2 aromatic rings. The largest absolute Gasteiger partial charge is 0.355 e. The Morgan fingerprint density at radius 2 is 1.70 bits per heavy atom. The van der Waals surface area contributed by atoms with Gasteiger partial charge in [-0.15, -0.1) is 11.8 Å². The van der Waals surface area contributed by atoms with Crippen molar-refractivity contribution in [3.05, 3.63) is 68.7 Å². The Labute approximate surface area is 193 Å². The molecule has 1 atom stereocenters. The molecule has 0 bridgehead atoms. The second-order valence-corrected chi connectivity index (χ2v) is 9.13. The van der Waals surface area contributed by atoms with Gasteiger partial charge in [-0.25, -0.2) is 0 Å². The summed E-state index contributed by atoms with van der Waals surface area (Å²) in [7, 11) is 0. The minimum absolute atomic E-state index is 0.0887. The molecule has 0 unspecified atom stereocenters. The van der Waals surface area contributed by atoms with Crippen molar-refractivity contribution < 1.29 is 9.59 Å². The van der Waals surface area contributed by atoms with E-state index in [1.165, 1.54) is 16.7 Å². The van der Waals surface area contributed by atoms with Crippen LogP contribution in [0.5, 0.6) is 0 Å². The van der Waals surface area contributed by atoms with Crippen molar-refractivity contribution in [2.24, 2.45) is 0 Å². The number of carbonyl (C=O) groups is 2. The summed E-state index contributed by atoms with van der Waals surface area (Å²) in [5, 5.41) is 3.68. The Kier molecular flexibility index (Phi) is 9.53. The maximum atomic E-state index is 13.0. The molecule has 0 spiro atoms. The van der Waals surface area contributed by atoms with E-state index in [-0.39, 0.29) is 24.1 Å². The Morgan fingerprint density at radius 1 is 1.03 bits per heavy atom. The van der Waals surface area contributed by atoms with Gasteiger partial charge in [0.05, 0.1) is 15.8 Å². The molecule has 0 aliphatic heterocycles. The molecule has 2 amide bonds. The van der Waals surface area contributed by atoms with E-state index in [1.54, 1.807) is 35.7 Å². The van der Waals surface area contributed by atoms with Crippen LogP contribution in [-0.2, 0) is 21.9 Å². The lowest BCUT2D eigenvalue weighted by Gasteiger charge is -2.28. The zero-order valence-electron chi connectivity index (χ0n) is 17.8. The normalized spacial score (nSPS) is 11.8. The van der Waals surface area contributed by atoms with Crippen molar-refractivity contribution in [3.63, 3.8) is 0 Å². The van der Waals surface area contributed by atoms with Gasteiger partial charge in [-0.3, -0.25) is 9.59 Å². The first-order chi connectivity index (χ1) is 14.2. The molecule has 162 valence electrons. The number of nitrogens with zero attached hydrogens (tertiary/aromatic N) is 1. The van der Waals surface area contributed by atoms with E-state index in [1.807, 2.05) is 13.0 Å².